The van der Waals surface area contributed by atoms with Crippen LogP contribution in [0.1, 0.15) is 0 Å². The van der Waals surface area contributed by atoms with E-state index in [0.717, 1.165) is 26.3 Å². The number of imidazole rings is 1. The Bertz CT molecular complexity index is 250. The second-order valence-corrected chi connectivity index (χ2v) is 5.17. The smallest absolute Gasteiger partial charge is 0.173 e. The Morgan fingerprint density at radius 3 is 2.77 bits per heavy atom. The van der Waals surface area contributed by atoms with E-state index < -0.39 is 7.58 Å². The maximum absolute atomic E-state index is 6.28. The number of hydrogen-bond donors (Lipinski definition) is 0. The Kier molecular flexibility index (Phi) is 3.17. The van der Waals surface area contributed by atoms with E-state index in [1.54, 1.807) is 12.5 Å². The minimum Gasteiger partial charge on any atom is -0.379 e. The summed E-state index contributed by atoms with van der Waals surface area (Å²) in [5.74, 6) is 0. The molecule has 1 unspecified atom stereocenters. The van der Waals surface area contributed by atoms with Crippen molar-refractivity contribution < 1.29 is 4.74 Å². The normalized spacial score (nSPS) is 21.6. The van der Waals surface area contributed by atoms with Crippen molar-refractivity contribution in [1.82, 2.24) is 14.0 Å². The largest absolute Gasteiger partial charge is 0.379 e. The van der Waals surface area contributed by atoms with Crippen molar-refractivity contribution in [3.63, 3.8) is 0 Å². The Morgan fingerprint density at radius 1 is 1.38 bits per heavy atom. The van der Waals surface area contributed by atoms with Crippen LogP contribution in [0.2, 0.25) is 0 Å². The zero-order valence-corrected chi connectivity index (χ0v) is 8.79. The fourth-order valence-electron chi connectivity index (χ4n) is 1.21. The van der Waals surface area contributed by atoms with Crippen LogP contribution < -0.4 is 0 Å². The third kappa shape index (κ3) is 2.20. The van der Waals surface area contributed by atoms with E-state index >= 15 is 0 Å². The topological polar surface area (TPSA) is 30.3 Å². The summed E-state index contributed by atoms with van der Waals surface area (Å²) >= 11 is 6.28. The van der Waals surface area contributed by atoms with E-state index in [1.165, 1.54) is 0 Å². The molecule has 1 aliphatic rings. The standard InChI is InChI=1S/C7H11ClN3OP/c8-13(11-2-1-9-7-11)10-3-5-12-6-4-10/h1-2,7H,3-6H2. The van der Waals surface area contributed by atoms with Gasteiger partial charge in [0.25, 0.3) is 0 Å². The van der Waals surface area contributed by atoms with Gasteiger partial charge in [-0.15, -0.1) is 0 Å². The number of morpholine rings is 1. The molecule has 0 aliphatic carbocycles. The second-order valence-electron chi connectivity index (χ2n) is 2.75. The first kappa shape index (κ1) is 9.41. The monoisotopic (exact) mass is 219 g/mol. The summed E-state index contributed by atoms with van der Waals surface area (Å²) in [6, 6.07) is 0. The highest BCUT2D eigenvalue weighted by Crippen LogP contribution is 2.46. The molecule has 1 aromatic heterocycles. The van der Waals surface area contributed by atoms with Crippen LogP contribution in [0.4, 0.5) is 0 Å². The molecule has 13 heavy (non-hydrogen) atoms. The summed E-state index contributed by atoms with van der Waals surface area (Å²) < 4.78 is 9.42. The van der Waals surface area contributed by atoms with Crippen molar-refractivity contribution in [1.29, 1.82) is 0 Å². The maximum atomic E-state index is 6.28. The summed E-state index contributed by atoms with van der Waals surface area (Å²) in [5.41, 5.74) is 0. The highest BCUT2D eigenvalue weighted by atomic mass is 35.7. The van der Waals surface area contributed by atoms with Crippen molar-refractivity contribution in [3.05, 3.63) is 18.7 Å². The number of rotatable bonds is 2. The second kappa shape index (κ2) is 4.38. The molecule has 0 spiro atoms. The van der Waals surface area contributed by atoms with E-state index in [9.17, 15) is 0 Å². The van der Waals surface area contributed by atoms with Crippen molar-refractivity contribution in [3.8, 4) is 0 Å². The quantitative estimate of drug-likeness (QED) is 0.707. The van der Waals surface area contributed by atoms with Gasteiger partial charge in [0.05, 0.1) is 19.5 Å². The zero-order valence-electron chi connectivity index (χ0n) is 7.14. The van der Waals surface area contributed by atoms with Gasteiger partial charge < -0.3 is 4.74 Å². The summed E-state index contributed by atoms with van der Waals surface area (Å²) in [6.45, 7) is 3.38. The van der Waals surface area contributed by atoms with E-state index in [1.807, 2.05) is 10.5 Å². The number of ether oxygens (including phenoxy) is 1. The minimum absolute atomic E-state index is 0.777. The predicted octanol–water partition coefficient (Wildman–Crippen LogP) is 1.53. The molecular weight excluding hydrogens is 209 g/mol. The Balaban J connectivity index is 1.99. The predicted molar refractivity (Wildman–Crippen MR) is 52.8 cm³/mol. The van der Waals surface area contributed by atoms with Gasteiger partial charge in [0.1, 0.15) is 0 Å². The van der Waals surface area contributed by atoms with Crippen LogP contribution >= 0.6 is 18.8 Å². The molecule has 6 heteroatoms. The van der Waals surface area contributed by atoms with E-state index in [0.29, 0.717) is 0 Å². The SMILES string of the molecule is ClP(N1CCOCC1)n1ccnc1. The molecule has 4 nitrogen and oxygen atoms in total. The summed E-state index contributed by atoms with van der Waals surface area (Å²) in [4.78, 5) is 3.97. The lowest BCUT2D eigenvalue weighted by Gasteiger charge is -2.30. The average molecular weight is 220 g/mol. The molecule has 0 bridgehead atoms. The Hall–Kier alpha value is -0.150. The van der Waals surface area contributed by atoms with Gasteiger partial charge in [-0.3, -0.25) is 4.34 Å². The first-order valence-corrected chi connectivity index (χ1v) is 6.30. The molecule has 2 heterocycles. The first-order chi connectivity index (χ1) is 6.38. The van der Waals surface area contributed by atoms with Crippen LogP contribution in [0.15, 0.2) is 18.7 Å². The Labute approximate surface area is 83.1 Å². The summed E-state index contributed by atoms with van der Waals surface area (Å²) in [5, 5.41) is 0. The fraction of sp³-hybridized carbons (Fsp3) is 0.571. The van der Waals surface area contributed by atoms with Crippen LogP contribution in [0, 0.1) is 0 Å². The highest BCUT2D eigenvalue weighted by molar-refractivity contribution is 7.80. The van der Waals surface area contributed by atoms with Crippen molar-refractivity contribution >= 4 is 18.8 Å². The van der Waals surface area contributed by atoms with Gasteiger partial charge in [0.2, 0.25) is 0 Å². The van der Waals surface area contributed by atoms with Gasteiger partial charge in [0.15, 0.2) is 7.58 Å². The molecular formula is C7H11ClN3OP. The van der Waals surface area contributed by atoms with Crippen LogP contribution in [-0.4, -0.2) is 40.3 Å². The average Bonchev–Trinajstić information content (AvgIpc) is 2.71. The fourth-order valence-corrected chi connectivity index (χ4v) is 3.04. The van der Waals surface area contributed by atoms with Crippen LogP contribution in [0.25, 0.3) is 0 Å². The van der Waals surface area contributed by atoms with Gasteiger partial charge in [0, 0.05) is 25.5 Å². The molecule has 0 amide bonds. The van der Waals surface area contributed by atoms with Crippen molar-refractivity contribution in [2.24, 2.45) is 0 Å². The Morgan fingerprint density at radius 2 is 2.15 bits per heavy atom. The molecule has 72 valence electrons. The lowest BCUT2D eigenvalue weighted by atomic mass is 10.5. The minimum atomic E-state index is -0.777. The lowest BCUT2D eigenvalue weighted by molar-refractivity contribution is 0.0751. The van der Waals surface area contributed by atoms with Gasteiger partial charge >= 0.3 is 0 Å². The van der Waals surface area contributed by atoms with Gasteiger partial charge in [-0.25, -0.2) is 9.65 Å². The third-order valence-electron chi connectivity index (χ3n) is 1.90. The summed E-state index contributed by atoms with van der Waals surface area (Å²) in [7, 11) is -0.777. The van der Waals surface area contributed by atoms with Crippen LogP contribution in [0.5, 0.6) is 0 Å². The van der Waals surface area contributed by atoms with Crippen LogP contribution in [0.3, 0.4) is 0 Å². The molecule has 2 rings (SSSR count). The molecule has 0 radical (unpaired) electrons. The first-order valence-electron chi connectivity index (χ1n) is 4.14. The molecule has 0 aromatic carbocycles. The molecule has 0 saturated carbocycles. The molecule has 1 aliphatic heterocycles. The van der Waals surface area contributed by atoms with Gasteiger partial charge in [-0.05, 0) is 0 Å². The van der Waals surface area contributed by atoms with Crippen molar-refractivity contribution in [2.75, 3.05) is 26.3 Å². The van der Waals surface area contributed by atoms with Gasteiger partial charge in [-0.2, -0.15) is 0 Å². The zero-order chi connectivity index (χ0) is 9.10. The highest BCUT2D eigenvalue weighted by Gasteiger charge is 2.20. The van der Waals surface area contributed by atoms with Gasteiger partial charge in [-0.1, -0.05) is 11.2 Å². The number of hydrogen-bond acceptors (Lipinski definition) is 3. The molecule has 0 N–H and O–H groups in total. The third-order valence-corrected chi connectivity index (χ3v) is 4.55. The number of aromatic nitrogens is 2. The molecule has 1 atom stereocenters. The lowest BCUT2D eigenvalue weighted by Crippen LogP contribution is -2.32. The molecule has 1 saturated heterocycles. The molecule has 1 fully saturated rings. The van der Waals surface area contributed by atoms with E-state index in [2.05, 4.69) is 9.65 Å². The maximum Gasteiger partial charge on any atom is 0.173 e. The molecule has 1 aromatic rings. The van der Waals surface area contributed by atoms with E-state index in [-0.39, 0.29) is 0 Å². The van der Waals surface area contributed by atoms with Crippen LogP contribution in [-0.2, 0) is 4.74 Å². The number of halogens is 1. The summed E-state index contributed by atoms with van der Waals surface area (Å²) in [6.07, 6.45) is 5.40. The number of nitrogens with zero attached hydrogens (tertiary/aromatic N) is 3. The van der Waals surface area contributed by atoms with E-state index in [4.69, 9.17) is 16.0 Å². The van der Waals surface area contributed by atoms with Crippen molar-refractivity contribution in [2.45, 2.75) is 0 Å².